The molecule has 6 rings (SSSR count). The van der Waals surface area contributed by atoms with Crippen molar-refractivity contribution < 1.29 is 8.98 Å². The summed E-state index contributed by atoms with van der Waals surface area (Å²) < 4.78 is 8.92. The molecule has 1 aliphatic carbocycles. The summed E-state index contributed by atoms with van der Waals surface area (Å²) >= 11 is 0. The predicted molar refractivity (Wildman–Crippen MR) is 133 cm³/mol. The molecule has 0 unspecified atom stereocenters. The van der Waals surface area contributed by atoms with Crippen molar-refractivity contribution in [3.05, 3.63) is 78.0 Å². The highest BCUT2D eigenvalue weighted by Gasteiger charge is 2.22. The zero-order chi connectivity index (χ0) is 21.7. The van der Waals surface area contributed by atoms with E-state index in [1.165, 1.54) is 82.5 Å². The number of hydrogen-bond donors (Lipinski definition) is 0. The molecule has 160 valence electrons. The quantitative estimate of drug-likeness (QED) is 0.274. The van der Waals surface area contributed by atoms with E-state index in [0.717, 1.165) is 17.1 Å². The van der Waals surface area contributed by atoms with Crippen molar-refractivity contribution in [1.29, 1.82) is 0 Å². The number of fused-ring (bicyclic) bond motifs is 5. The van der Waals surface area contributed by atoms with Gasteiger partial charge in [-0.25, -0.2) is 4.57 Å². The maximum Gasteiger partial charge on any atom is 0.216 e. The van der Waals surface area contributed by atoms with Gasteiger partial charge in [0.25, 0.3) is 0 Å². The minimum absolute atomic E-state index is 0.850. The summed E-state index contributed by atoms with van der Waals surface area (Å²) in [5.74, 6) is 0.850. The van der Waals surface area contributed by atoms with Crippen LogP contribution in [0.2, 0.25) is 0 Å². The van der Waals surface area contributed by atoms with Gasteiger partial charge in [-0.1, -0.05) is 74.6 Å². The molecule has 3 aromatic carbocycles. The first-order valence-electron chi connectivity index (χ1n) is 12.0. The summed E-state index contributed by atoms with van der Waals surface area (Å²) in [6.07, 6.45) is 10.5. The van der Waals surface area contributed by atoms with Crippen molar-refractivity contribution in [2.24, 2.45) is 13.0 Å². The summed E-state index contributed by atoms with van der Waals surface area (Å²) in [5.41, 5.74) is 7.09. The molecule has 0 radical (unpaired) electrons. The van der Waals surface area contributed by atoms with Crippen LogP contribution in [-0.2, 0) is 13.5 Å². The third-order valence-corrected chi connectivity index (χ3v) is 7.44. The van der Waals surface area contributed by atoms with E-state index >= 15 is 0 Å². The fourth-order valence-electron chi connectivity index (χ4n) is 5.75. The standard InChI is InChI=1S/C30H30NO/c1-20-12-15-26-25-16-14-23-10-6-7-11-24(23)29(25)32-30(26)28(20)27-17-13-22(19-31(27)2)18-21-8-4-3-5-9-21/h6-7,10-17,19,21H,3-5,8-9,18H2,1-2H3/q+1. The zero-order valence-electron chi connectivity index (χ0n) is 19.0. The molecule has 1 saturated carbocycles. The molecule has 1 aliphatic rings. The molecular formula is C30H30NO+. The van der Waals surface area contributed by atoms with Gasteiger partial charge in [-0.3, -0.25) is 0 Å². The number of nitrogens with zero attached hydrogens (tertiary/aromatic N) is 1. The first kappa shape index (κ1) is 19.5. The minimum Gasteiger partial charge on any atom is -0.454 e. The Bertz CT molecular complexity index is 1450. The fourth-order valence-corrected chi connectivity index (χ4v) is 5.75. The number of pyridine rings is 1. The molecule has 0 saturated heterocycles. The van der Waals surface area contributed by atoms with Gasteiger partial charge in [0.2, 0.25) is 5.69 Å². The van der Waals surface area contributed by atoms with E-state index in [-0.39, 0.29) is 0 Å². The van der Waals surface area contributed by atoms with Gasteiger partial charge in [0.05, 0.1) is 5.56 Å². The molecule has 1 fully saturated rings. The molecule has 32 heavy (non-hydrogen) atoms. The monoisotopic (exact) mass is 420 g/mol. The number of aryl methyl sites for hydroxylation is 2. The molecule has 0 spiro atoms. The van der Waals surface area contributed by atoms with E-state index in [1.807, 2.05) is 0 Å². The second-order valence-corrected chi connectivity index (χ2v) is 9.64. The van der Waals surface area contributed by atoms with Crippen LogP contribution in [0.3, 0.4) is 0 Å². The topological polar surface area (TPSA) is 17.0 Å². The van der Waals surface area contributed by atoms with Gasteiger partial charge in [0.1, 0.15) is 18.2 Å². The van der Waals surface area contributed by atoms with Gasteiger partial charge in [-0.15, -0.1) is 0 Å². The van der Waals surface area contributed by atoms with Crippen LogP contribution in [0.1, 0.15) is 43.2 Å². The molecule has 2 nitrogen and oxygen atoms in total. The number of furan rings is 1. The number of benzene rings is 3. The lowest BCUT2D eigenvalue weighted by Crippen LogP contribution is -2.31. The van der Waals surface area contributed by atoms with Gasteiger partial charge < -0.3 is 4.42 Å². The second-order valence-electron chi connectivity index (χ2n) is 9.64. The van der Waals surface area contributed by atoms with E-state index < -0.39 is 0 Å². The Morgan fingerprint density at radius 2 is 1.59 bits per heavy atom. The Morgan fingerprint density at radius 3 is 2.44 bits per heavy atom. The van der Waals surface area contributed by atoms with E-state index in [4.69, 9.17) is 4.42 Å². The van der Waals surface area contributed by atoms with Crippen LogP contribution < -0.4 is 4.57 Å². The Labute approximate surface area is 189 Å². The first-order chi connectivity index (χ1) is 15.7. The minimum atomic E-state index is 0.850. The summed E-state index contributed by atoms with van der Waals surface area (Å²) in [5, 5.41) is 4.78. The summed E-state index contributed by atoms with van der Waals surface area (Å²) in [6, 6.07) is 22.0. The van der Waals surface area contributed by atoms with Crippen LogP contribution in [0.4, 0.5) is 0 Å². The van der Waals surface area contributed by atoms with Gasteiger partial charge in [0, 0.05) is 27.8 Å². The second kappa shape index (κ2) is 7.78. The number of hydrogen-bond acceptors (Lipinski definition) is 1. The molecule has 0 aliphatic heterocycles. The first-order valence-corrected chi connectivity index (χ1v) is 12.0. The Balaban J connectivity index is 1.49. The highest BCUT2D eigenvalue weighted by atomic mass is 16.3. The predicted octanol–water partition coefficient (Wildman–Crippen LogP) is 7.66. The van der Waals surface area contributed by atoms with Crippen LogP contribution in [0, 0.1) is 12.8 Å². The van der Waals surface area contributed by atoms with Gasteiger partial charge >= 0.3 is 0 Å². The van der Waals surface area contributed by atoms with Crippen molar-refractivity contribution in [2.75, 3.05) is 0 Å². The molecule has 5 aromatic rings. The average Bonchev–Trinajstić information content (AvgIpc) is 3.20. The Hall–Kier alpha value is -3.13. The lowest BCUT2D eigenvalue weighted by molar-refractivity contribution is -0.660. The van der Waals surface area contributed by atoms with E-state index in [0.29, 0.717) is 0 Å². The molecule has 0 atom stereocenters. The summed E-state index contributed by atoms with van der Waals surface area (Å²) in [6.45, 7) is 2.19. The molecule has 0 N–H and O–H groups in total. The zero-order valence-corrected chi connectivity index (χ0v) is 19.0. The normalized spacial score (nSPS) is 15.2. The number of aromatic nitrogens is 1. The van der Waals surface area contributed by atoms with Crippen LogP contribution >= 0.6 is 0 Å². The van der Waals surface area contributed by atoms with Gasteiger partial charge in [0.15, 0.2) is 6.20 Å². The van der Waals surface area contributed by atoms with Crippen molar-refractivity contribution in [2.45, 2.75) is 45.4 Å². The van der Waals surface area contributed by atoms with Crippen molar-refractivity contribution >= 4 is 32.7 Å². The lowest BCUT2D eigenvalue weighted by Gasteiger charge is -2.21. The van der Waals surface area contributed by atoms with Crippen molar-refractivity contribution in [3.63, 3.8) is 0 Å². The summed E-state index contributed by atoms with van der Waals surface area (Å²) in [4.78, 5) is 0. The maximum atomic E-state index is 6.63. The molecule has 0 bridgehead atoms. The Morgan fingerprint density at radius 1 is 0.812 bits per heavy atom. The third-order valence-electron chi connectivity index (χ3n) is 7.44. The smallest absolute Gasteiger partial charge is 0.216 e. The van der Waals surface area contributed by atoms with Crippen molar-refractivity contribution in [3.8, 4) is 11.3 Å². The molecule has 0 amide bonds. The molecule has 2 heteroatoms. The molecular weight excluding hydrogens is 390 g/mol. The summed E-state index contributed by atoms with van der Waals surface area (Å²) in [7, 11) is 2.18. The molecule has 2 heterocycles. The number of rotatable bonds is 3. The van der Waals surface area contributed by atoms with Gasteiger partial charge in [-0.05, 0) is 42.3 Å². The van der Waals surface area contributed by atoms with Gasteiger partial charge in [-0.2, -0.15) is 0 Å². The van der Waals surface area contributed by atoms with E-state index in [9.17, 15) is 0 Å². The largest absolute Gasteiger partial charge is 0.454 e. The van der Waals surface area contributed by atoms with Crippen molar-refractivity contribution in [1.82, 2.24) is 0 Å². The third kappa shape index (κ3) is 3.21. The van der Waals surface area contributed by atoms with E-state index in [2.05, 4.69) is 85.4 Å². The van der Waals surface area contributed by atoms with Crippen LogP contribution in [0.5, 0.6) is 0 Å². The van der Waals surface area contributed by atoms with E-state index in [1.54, 1.807) is 0 Å². The lowest BCUT2D eigenvalue weighted by atomic mass is 9.85. The van der Waals surface area contributed by atoms with Crippen LogP contribution in [-0.4, -0.2) is 0 Å². The SMILES string of the molecule is Cc1ccc2c(oc3c4ccccc4ccc23)c1-c1ccc(CC2CCCCC2)c[n+]1C. The highest BCUT2D eigenvalue weighted by Crippen LogP contribution is 2.39. The molecule has 2 aromatic heterocycles. The van der Waals surface area contributed by atoms with Crippen LogP contribution in [0.15, 0.2) is 71.3 Å². The fraction of sp³-hybridized carbons (Fsp3) is 0.300. The average molecular weight is 421 g/mol. The maximum absolute atomic E-state index is 6.63. The Kier molecular flexibility index (Phi) is 4.75. The van der Waals surface area contributed by atoms with Crippen LogP contribution in [0.25, 0.3) is 44.0 Å². The highest BCUT2D eigenvalue weighted by molar-refractivity contribution is 6.17.